The van der Waals surface area contributed by atoms with Crippen molar-refractivity contribution in [2.24, 2.45) is 0 Å². The van der Waals surface area contributed by atoms with Gasteiger partial charge in [-0.1, -0.05) is 42.5 Å². The number of aliphatic hydroxyl groups excluding tert-OH is 1. The Morgan fingerprint density at radius 2 is 1.65 bits per heavy atom. The molecule has 1 N–H and O–H groups in total. The van der Waals surface area contributed by atoms with Crippen molar-refractivity contribution in [3.8, 4) is 5.75 Å². The predicted octanol–water partition coefficient (Wildman–Crippen LogP) is 4.50. The Labute approximate surface area is 196 Å². The van der Waals surface area contributed by atoms with Crippen molar-refractivity contribution < 1.29 is 29.0 Å². The molecule has 0 aromatic heterocycles. The molecule has 34 heavy (non-hydrogen) atoms. The van der Waals surface area contributed by atoms with Crippen LogP contribution in [-0.4, -0.2) is 36.5 Å². The van der Waals surface area contributed by atoms with Crippen LogP contribution in [0.25, 0.3) is 5.76 Å². The van der Waals surface area contributed by atoms with Crippen molar-refractivity contribution in [3.63, 3.8) is 0 Å². The largest absolute Gasteiger partial charge is 0.507 e. The third-order valence-electron chi connectivity index (χ3n) is 5.56. The molecule has 3 aromatic rings. The zero-order valence-corrected chi connectivity index (χ0v) is 18.7. The van der Waals surface area contributed by atoms with Crippen LogP contribution < -0.4 is 9.64 Å². The van der Waals surface area contributed by atoms with Gasteiger partial charge in [0.15, 0.2) is 0 Å². The van der Waals surface area contributed by atoms with Gasteiger partial charge in [-0.3, -0.25) is 14.5 Å². The lowest BCUT2D eigenvalue weighted by Gasteiger charge is -2.26. The second-order valence-corrected chi connectivity index (χ2v) is 7.58. The third kappa shape index (κ3) is 4.15. The highest BCUT2D eigenvalue weighted by Gasteiger charge is 2.47. The summed E-state index contributed by atoms with van der Waals surface area (Å²) in [5.74, 6) is -1.79. The maximum absolute atomic E-state index is 13.2. The number of amides is 1. The lowest BCUT2D eigenvalue weighted by Crippen LogP contribution is -2.29. The SMILES string of the molecule is CCOC(=O)c1ccc(N2C(=O)C(=O)/C(=C(/O)c3ccccc3)C2c2cccc(OC)c2)cc1. The molecule has 0 aliphatic carbocycles. The minimum absolute atomic E-state index is 0.0288. The quantitative estimate of drug-likeness (QED) is 0.254. The van der Waals surface area contributed by atoms with E-state index < -0.39 is 23.7 Å². The van der Waals surface area contributed by atoms with Gasteiger partial charge >= 0.3 is 5.97 Å². The Morgan fingerprint density at radius 1 is 0.941 bits per heavy atom. The summed E-state index contributed by atoms with van der Waals surface area (Å²) in [6.07, 6.45) is 0. The summed E-state index contributed by atoms with van der Waals surface area (Å²) >= 11 is 0. The Morgan fingerprint density at radius 3 is 2.29 bits per heavy atom. The van der Waals surface area contributed by atoms with Gasteiger partial charge in [-0.05, 0) is 48.9 Å². The summed E-state index contributed by atoms with van der Waals surface area (Å²) in [5.41, 5.74) is 1.70. The molecule has 0 saturated carbocycles. The molecule has 1 heterocycles. The van der Waals surface area contributed by atoms with Crippen LogP contribution in [0, 0.1) is 0 Å². The van der Waals surface area contributed by atoms with Crippen LogP contribution >= 0.6 is 0 Å². The van der Waals surface area contributed by atoms with Crippen molar-refractivity contribution in [1.29, 1.82) is 0 Å². The van der Waals surface area contributed by atoms with Crippen LogP contribution in [-0.2, 0) is 14.3 Å². The van der Waals surface area contributed by atoms with E-state index in [0.29, 0.717) is 28.1 Å². The van der Waals surface area contributed by atoms with Crippen molar-refractivity contribution in [1.82, 2.24) is 0 Å². The first-order chi connectivity index (χ1) is 16.5. The summed E-state index contributed by atoms with van der Waals surface area (Å²) in [6.45, 7) is 1.96. The van der Waals surface area contributed by atoms with Gasteiger partial charge < -0.3 is 14.6 Å². The molecule has 7 nitrogen and oxygen atoms in total. The number of methoxy groups -OCH3 is 1. The first-order valence-electron chi connectivity index (χ1n) is 10.7. The maximum Gasteiger partial charge on any atom is 0.338 e. The standard InChI is InChI=1S/C27H23NO6/c1-3-34-27(32)18-12-14-20(15-13-18)28-23(19-10-7-11-21(16-19)33-2)22(25(30)26(28)31)24(29)17-8-5-4-6-9-17/h4-16,23,29H,3H2,1-2H3/b24-22+. The molecule has 3 aromatic carbocycles. The number of Topliss-reactive ketones (excluding diaryl/α,β-unsaturated/α-hetero) is 1. The molecule has 1 aliphatic rings. The van der Waals surface area contributed by atoms with Crippen LogP contribution in [0.1, 0.15) is 34.5 Å². The summed E-state index contributed by atoms with van der Waals surface area (Å²) in [4.78, 5) is 39.8. The number of benzene rings is 3. The molecule has 0 radical (unpaired) electrons. The molecule has 7 heteroatoms. The number of carbonyl (C=O) groups excluding carboxylic acids is 3. The highest BCUT2D eigenvalue weighted by Crippen LogP contribution is 2.42. The van der Waals surface area contributed by atoms with Crippen LogP contribution in [0.2, 0.25) is 0 Å². The number of hydrogen-bond donors (Lipinski definition) is 1. The van der Waals surface area contributed by atoms with E-state index in [0.717, 1.165) is 0 Å². The van der Waals surface area contributed by atoms with Crippen LogP contribution in [0.5, 0.6) is 5.75 Å². The number of nitrogens with zero attached hydrogens (tertiary/aromatic N) is 1. The van der Waals surface area contributed by atoms with Gasteiger partial charge in [-0.15, -0.1) is 0 Å². The Bertz CT molecular complexity index is 1260. The molecule has 0 spiro atoms. The fourth-order valence-electron chi connectivity index (χ4n) is 3.95. The highest BCUT2D eigenvalue weighted by atomic mass is 16.5. The molecule has 4 rings (SSSR count). The van der Waals surface area contributed by atoms with Gasteiger partial charge in [-0.2, -0.15) is 0 Å². The lowest BCUT2D eigenvalue weighted by molar-refractivity contribution is -0.132. The topological polar surface area (TPSA) is 93.1 Å². The van der Waals surface area contributed by atoms with Crippen LogP contribution in [0.4, 0.5) is 5.69 Å². The number of ketones is 1. The molecular weight excluding hydrogens is 434 g/mol. The van der Waals surface area contributed by atoms with E-state index in [1.54, 1.807) is 73.7 Å². The molecule has 1 aliphatic heterocycles. The molecule has 1 atom stereocenters. The maximum atomic E-state index is 13.2. The third-order valence-corrected chi connectivity index (χ3v) is 5.56. The number of ether oxygens (including phenoxy) is 2. The number of esters is 1. The normalized spacial score (nSPS) is 17.0. The number of carbonyl (C=O) groups is 3. The Kier molecular flexibility index (Phi) is 6.45. The van der Waals surface area contributed by atoms with E-state index in [1.165, 1.54) is 24.1 Å². The summed E-state index contributed by atoms with van der Waals surface area (Å²) in [5, 5.41) is 11.1. The number of anilines is 1. The second kappa shape index (κ2) is 9.62. The molecule has 0 bridgehead atoms. The van der Waals surface area contributed by atoms with Crippen molar-refractivity contribution in [2.75, 3.05) is 18.6 Å². The Hall–Kier alpha value is -4.39. The monoisotopic (exact) mass is 457 g/mol. The van der Waals surface area contributed by atoms with Gasteiger partial charge in [-0.25, -0.2) is 4.79 Å². The first kappa shape index (κ1) is 22.8. The number of hydrogen-bond acceptors (Lipinski definition) is 6. The smallest absolute Gasteiger partial charge is 0.338 e. The van der Waals surface area contributed by atoms with E-state index in [-0.39, 0.29) is 17.9 Å². The van der Waals surface area contributed by atoms with Crippen LogP contribution in [0.15, 0.2) is 84.4 Å². The molecular formula is C27H23NO6. The van der Waals surface area contributed by atoms with E-state index in [2.05, 4.69) is 0 Å². The van der Waals surface area contributed by atoms with Crippen molar-refractivity contribution in [3.05, 3.63) is 101 Å². The predicted molar refractivity (Wildman–Crippen MR) is 127 cm³/mol. The second-order valence-electron chi connectivity index (χ2n) is 7.58. The van der Waals surface area contributed by atoms with Gasteiger partial charge in [0.2, 0.25) is 0 Å². The van der Waals surface area contributed by atoms with E-state index in [1.807, 2.05) is 0 Å². The van der Waals surface area contributed by atoms with Crippen LogP contribution in [0.3, 0.4) is 0 Å². The molecule has 172 valence electrons. The van der Waals surface area contributed by atoms with Crippen molar-refractivity contribution >= 4 is 29.1 Å². The van der Waals surface area contributed by atoms with Gasteiger partial charge in [0.1, 0.15) is 11.5 Å². The summed E-state index contributed by atoms with van der Waals surface area (Å²) < 4.78 is 10.4. The van der Waals surface area contributed by atoms with Gasteiger partial charge in [0.05, 0.1) is 30.9 Å². The molecule has 1 fully saturated rings. The lowest BCUT2D eigenvalue weighted by atomic mass is 9.95. The number of aliphatic hydroxyl groups is 1. The fraction of sp³-hybridized carbons (Fsp3) is 0.148. The zero-order valence-electron chi connectivity index (χ0n) is 18.7. The average molecular weight is 457 g/mol. The number of rotatable bonds is 6. The minimum Gasteiger partial charge on any atom is -0.507 e. The van der Waals surface area contributed by atoms with Gasteiger partial charge in [0, 0.05) is 11.3 Å². The average Bonchev–Trinajstić information content (AvgIpc) is 3.14. The van der Waals surface area contributed by atoms with E-state index >= 15 is 0 Å². The Balaban J connectivity index is 1.87. The summed E-state index contributed by atoms with van der Waals surface area (Å²) in [7, 11) is 1.52. The molecule has 1 amide bonds. The van der Waals surface area contributed by atoms with E-state index in [9.17, 15) is 19.5 Å². The fourth-order valence-corrected chi connectivity index (χ4v) is 3.95. The minimum atomic E-state index is -0.899. The van der Waals surface area contributed by atoms with Crippen molar-refractivity contribution in [2.45, 2.75) is 13.0 Å². The van der Waals surface area contributed by atoms with E-state index in [4.69, 9.17) is 9.47 Å². The summed E-state index contributed by atoms with van der Waals surface area (Å²) in [6, 6.07) is 20.9. The molecule has 1 unspecified atom stereocenters. The zero-order chi connectivity index (χ0) is 24.2. The highest BCUT2D eigenvalue weighted by molar-refractivity contribution is 6.51. The van der Waals surface area contributed by atoms with Gasteiger partial charge in [0.25, 0.3) is 11.7 Å². The first-order valence-corrected chi connectivity index (χ1v) is 10.7. The molecule has 1 saturated heterocycles.